The Kier molecular flexibility index (Phi) is 6.68. The van der Waals surface area contributed by atoms with Crippen LogP contribution < -0.4 is 10.6 Å². The van der Waals surface area contributed by atoms with Crippen molar-refractivity contribution in [3.05, 3.63) is 75.9 Å². The number of carbonyl (C=O) groups is 2. The molecule has 0 bridgehead atoms. The smallest absolute Gasteiger partial charge is 0.273 e. The van der Waals surface area contributed by atoms with Crippen LogP contribution >= 0.6 is 23.2 Å². The molecule has 0 aliphatic heterocycles. The molecule has 0 saturated heterocycles. The van der Waals surface area contributed by atoms with E-state index < -0.39 is 5.91 Å². The summed E-state index contributed by atoms with van der Waals surface area (Å²) < 4.78 is 5.18. The van der Waals surface area contributed by atoms with Gasteiger partial charge >= 0.3 is 0 Å². The number of nitrogens with zero attached hydrogens (tertiary/aromatic N) is 1. The highest BCUT2D eigenvalue weighted by Gasteiger charge is 2.14. The molecule has 2 aromatic carbocycles. The van der Waals surface area contributed by atoms with Crippen LogP contribution in [-0.4, -0.2) is 30.1 Å². The molecule has 2 N–H and O–H groups in total. The average molecular weight is 418 g/mol. The molecule has 2 amide bonds. The monoisotopic (exact) mass is 417 g/mol. The van der Waals surface area contributed by atoms with Gasteiger partial charge in [0.25, 0.3) is 5.91 Å². The number of halogens is 2. The van der Waals surface area contributed by atoms with Crippen LogP contribution in [-0.2, 0) is 11.2 Å². The van der Waals surface area contributed by atoms with Crippen LogP contribution in [0.5, 0.6) is 0 Å². The van der Waals surface area contributed by atoms with E-state index in [-0.39, 0.29) is 18.1 Å². The Morgan fingerprint density at radius 2 is 1.68 bits per heavy atom. The Labute approximate surface area is 171 Å². The molecule has 1 heterocycles. The van der Waals surface area contributed by atoms with Gasteiger partial charge in [0.15, 0.2) is 11.5 Å². The van der Waals surface area contributed by atoms with Gasteiger partial charge in [-0.2, -0.15) is 0 Å². The Balaban J connectivity index is 1.44. The summed E-state index contributed by atoms with van der Waals surface area (Å²) in [6.45, 7) is 0.232. The highest BCUT2D eigenvalue weighted by atomic mass is 35.5. The van der Waals surface area contributed by atoms with Crippen molar-refractivity contribution in [3.63, 3.8) is 0 Å². The van der Waals surface area contributed by atoms with E-state index in [0.717, 1.165) is 11.1 Å². The minimum atomic E-state index is -0.484. The van der Waals surface area contributed by atoms with Gasteiger partial charge in [0.05, 0.1) is 6.54 Å². The third-order valence-electron chi connectivity index (χ3n) is 3.87. The first-order chi connectivity index (χ1) is 13.5. The first-order valence-electron chi connectivity index (χ1n) is 8.53. The summed E-state index contributed by atoms with van der Waals surface area (Å²) in [5.74, 6) is -0.314. The normalized spacial score (nSPS) is 10.5. The molecular formula is C20H17Cl2N3O3. The fourth-order valence-corrected chi connectivity index (χ4v) is 3.11. The van der Waals surface area contributed by atoms with Gasteiger partial charge in [0.1, 0.15) is 0 Å². The summed E-state index contributed by atoms with van der Waals surface area (Å²) in [7, 11) is 0. The zero-order valence-electron chi connectivity index (χ0n) is 14.7. The second-order valence-corrected chi connectivity index (χ2v) is 6.88. The lowest BCUT2D eigenvalue weighted by Gasteiger charge is -2.07. The van der Waals surface area contributed by atoms with E-state index in [1.165, 1.54) is 6.07 Å². The van der Waals surface area contributed by atoms with Crippen molar-refractivity contribution >= 4 is 35.0 Å². The van der Waals surface area contributed by atoms with E-state index in [2.05, 4.69) is 15.8 Å². The summed E-state index contributed by atoms with van der Waals surface area (Å²) in [6, 6.07) is 16.1. The summed E-state index contributed by atoms with van der Waals surface area (Å²) in [6.07, 6.45) is 0.573. The number of amides is 2. The highest BCUT2D eigenvalue weighted by Crippen LogP contribution is 2.20. The van der Waals surface area contributed by atoms with Crippen molar-refractivity contribution in [2.75, 3.05) is 13.1 Å². The van der Waals surface area contributed by atoms with E-state index in [0.29, 0.717) is 28.8 Å². The Morgan fingerprint density at radius 3 is 2.39 bits per heavy atom. The van der Waals surface area contributed by atoms with Crippen molar-refractivity contribution in [3.8, 4) is 11.3 Å². The van der Waals surface area contributed by atoms with Crippen molar-refractivity contribution < 1.29 is 14.1 Å². The van der Waals surface area contributed by atoms with Gasteiger partial charge in [-0.25, -0.2) is 0 Å². The maximum Gasteiger partial charge on any atom is 0.273 e. The minimum Gasteiger partial charge on any atom is -0.355 e. The third kappa shape index (κ3) is 5.58. The van der Waals surface area contributed by atoms with E-state index >= 15 is 0 Å². The van der Waals surface area contributed by atoms with Crippen molar-refractivity contribution in [1.82, 2.24) is 15.8 Å². The molecule has 1 aromatic heterocycles. The van der Waals surface area contributed by atoms with Crippen LogP contribution in [0.2, 0.25) is 10.0 Å². The number of hydrogen-bond donors (Lipinski definition) is 2. The van der Waals surface area contributed by atoms with Crippen LogP contribution in [0.4, 0.5) is 0 Å². The number of aromatic nitrogens is 1. The molecule has 0 atom stereocenters. The Bertz CT molecular complexity index is 954. The molecule has 0 saturated carbocycles. The Morgan fingerprint density at radius 1 is 0.964 bits per heavy atom. The molecule has 0 unspecified atom stereocenters. The number of carbonyl (C=O) groups excluding carboxylic acids is 2. The second kappa shape index (κ2) is 9.39. The topological polar surface area (TPSA) is 84.2 Å². The van der Waals surface area contributed by atoms with Crippen molar-refractivity contribution in [2.45, 2.75) is 6.42 Å². The maximum absolute atomic E-state index is 12.1. The molecule has 0 fully saturated rings. The lowest BCUT2D eigenvalue weighted by Crippen LogP contribution is -2.37. The predicted molar refractivity (Wildman–Crippen MR) is 107 cm³/mol. The van der Waals surface area contributed by atoms with Crippen LogP contribution in [0, 0.1) is 0 Å². The first kappa shape index (κ1) is 19.9. The van der Waals surface area contributed by atoms with Gasteiger partial charge < -0.3 is 15.2 Å². The highest BCUT2D eigenvalue weighted by molar-refractivity contribution is 6.34. The number of hydrogen-bond acceptors (Lipinski definition) is 4. The molecule has 0 radical (unpaired) electrons. The number of rotatable bonds is 7. The molecule has 3 rings (SSSR count). The molecule has 0 spiro atoms. The van der Waals surface area contributed by atoms with E-state index in [1.807, 2.05) is 30.3 Å². The molecule has 144 valence electrons. The van der Waals surface area contributed by atoms with Gasteiger partial charge in [-0.1, -0.05) is 58.7 Å². The molecule has 8 heteroatoms. The molecule has 28 heavy (non-hydrogen) atoms. The standard InChI is InChI=1S/C20H17Cl2N3O3/c21-15-8-13(9-16(22)10-15)6-7-23-19(26)12-24-20(27)17-11-18(28-25-17)14-4-2-1-3-5-14/h1-5,8-11H,6-7,12H2,(H,23,26)(H,24,27). The van der Waals surface area contributed by atoms with Gasteiger partial charge in [-0.05, 0) is 30.2 Å². The van der Waals surface area contributed by atoms with E-state index in [1.54, 1.807) is 18.2 Å². The van der Waals surface area contributed by atoms with E-state index in [9.17, 15) is 9.59 Å². The van der Waals surface area contributed by atoms with Gasteiger partial charge in [-0.15, -0.1) is 0 Å². The summed E-state index contributed by atoms with van der Waals surface area (Å²) in [5, 5.41) is 10.1. The van der Waals surface area contributed by atoms with Crippen LogP contribution in [0.15, 0.2) is 59.1 Å². The molecule has 0 aliphatic carbocycles. The van der Waals surface area contributed by atoms with Crippen LogP contribution in [0.3, 0.4) is 0 Å². The molecule has 6 nitrogen and oxygen atoms in total. The quantitative estimate of drug-likeness (QED) is 0.613. The van der Waals surface area contributed by atoms with Crippen LogP contribution in [0.25, 0.3) is 11.3 Å². The van der Waals surface area contributed by atoms with Gasteiger partial charge in [0.2, 0.25) is 5.91 Å². The molecule has 0 aliphatic rings. The molecular weight excluding hydrogens is 401 g/mol. The summed E-state index contributed by atoms with van der Waals surface area (Å²) >= 11 is 11.9. The number of nitrogens with one attached hydrogen (secondary N) is 2. The fourth-order valence-electron chi connectivity index (χ4n) is 2.54. The second-order valence-electron chi connectivity index (χ2n) is 6.00. The lowest BCUT2D eigenvalue weighted by molar-refractivity contribution is -0.120. The van der Waals surface area contributed by atoms with Gasteiger partial charge in [0, 0.05) is 28.2 Å². The lowest BCUT2D eigenvalue weighted by atomic mass is 10.1. The predicted octanol–water partition coefficient (Wildman–Crippen LogP) is 3.74. The van der Waals surface area contributed by atoms with Crippen molar-refractivity contribution in [2.24, 2.45) is 0 Å². The fraction of sp³-hybridized carbons (Fsp3) is 0.150. The Hall–Kier alpha value is -2.83. The number of benzene rings is 2. The molecule has 3 aromatic rings. The average Bonchev–Trinajstić information content (AvgIpc) is 3.16. The largest absolute Gasteiger partial charge is 0.355 e. The summed E-state index contributed by atoms with van der Waals surface area (Å²) in [4.78, 5) is 24.0. The maximum atomic E-state index is 12.1. The van der Waals surface area contributed by atoms with Crippen LogP contribution in [0.1, 0.15) is 16.1 Å². The summed E-state index contributed by atoms with van der Waals surface area (Å²) in [5.41, 5.74) is 1.84. The van der Waals surface area contributed by atoms with Crippen molar-refractivity contribution in [1.29, 1.82) is 0 Å². The third-order valence-corrected chi connectivity index (χ3v) is 4.31. The van der Waals surface area contributed by atoms with Gasteiger partial charge in [-0.3, -0.25) is 9.59 Å². The first-order valence-corrected chi connectivity index (χ1v) is 9.29. The SMILES string of the molecule is O=C(CNC(=O)c1cc(-c2ccccc2)on1)NCCc1cc(Cl)cc(Cl)c1. The zero-order chi connectivity index (χ0) is 19.9. The zero-order valence-corrected chi connectivity index (χ0v) is 16.3. The minimum absolute atomic E-state index is 0.111. The van der Waals surface area contributed by atoms with E-state index in [4.69, 9.17) is 27.7 Å².